The summed E-state index contributed by atoms with van der Waals surface area (Å²) in [6.07, 6.45) is 2.19. The first-order chi connectivity index (χ1) is 7.15. The van der Waals surface area contributed by atoms with Gasteiger partial charge >= 0.3 is 0 Å². The highest BCUT2D eigenvalue weighted by atomic mass is 15.3. The highest BCUT2D eigenvalue weighted by molar-refractivity contribution is 5.24. The van der Waals surface area contributed by atoms with Crippen LogP contribution in [0.4, 0.5) is 0 Å². The van der Waals surface area contributed by atoms with Gasteiger partial charge in [-0.15, -0.1) is 0 Å². The van der Waals surface area contributed by atoms with Crippen molar-refractivity contribution >= 4 is 0 Å². The summed E-state index contributed by atoms with van der Waals surface area (Å²) in [5.74, 6) is 0. The predicted molar refractivity (Wildman–Crippen MR) is 64.3 cm³/mol. The van der Waals surface area contributed by atoms with Gasteiger partial charge in [0, 0.05) is 12.2 Å². The summed E-state index contributed by atoms with van der Waals surface area (Å²) < 4.78 is 2.19. The quantitative estimate of drug-likeness (QED) is 0.806. The molecule has 3 heteroatoms. The molecule has 1 rings (SSSR count). The molecule has 1 aromatic heterocycles. The van der Waals surface area contributed by atoms with E-state index in [4.69, 9.17) is 0 Å². The third-order valence-electron chi connectivity index (χ3n) is 3.09. The number of likely N-dealkylation sites (N-methyl/N-ethyl adjacent to an activating group) is 1. The van der Waals surface area contributed by atoms with Crippen molar-refractivity contribution in [1.29, 1.82) is 0 Å². The van der Waals surface area contributed by atoms with E-state index < -0.39 is 0 Å². The van der Waals surface area contributed by atoms with Crippen LogP contribution in [0.25, 0.3) is 0 Å². The summed E-state index contributed by atoms with van der Waals surface area (Å²) in [5, 5.41) is 7.88. The largest absolute Gasteiger partial charge is 0.318 e. The van der Waals surface area contributed by atoms with E-state index in [1.807, 2.05) is 7.05 Å². The van der Waals surface area contributed by atoms with Crippen LogP contribution in [0.5, 0.6) is 0 Å². The van der Waals surface area contributed by atoms with E-state index in [0.29, 0.717) is 6.04 Å². The van der Waals surface area contributed by atoms with E-state index >= 15 is 0 Å². The molecule has 0 spiro atoms. The minimum atomic E-state index is 0.481. The van der Waals surface area contributed by atoms with Gasteiger partial charge in [0.2, 0.25) is 0 Å². The summed E-state index contributed by atoms with van der Waals surface area (Å²) in [7, 11) is 2.00. The number of hydrogen-bond acceptors (Lipinski definition) is 2. The minimum absolute atomic E-state index is 0.481. The van der Waals surface area contributed by atoms with Crippen LogP contribution in [-0.2, 0) is 6.42 Å². The Morgan fingerprint density at radius 3 is 2.40 bits per heavy atom. The monoisotopic (exact) mass is 209 g/mol. The van der Waals surface area contributed by atoms with Crippen LogP contribution >= 0.6 is 0 Å². The highest BCUT2D eigenvalue weighted by Crippen LogP contribution is 2.19. The SMILES string of the molecule is CCc1c(C)nn(C(CC)CNC)c1C. The van der Waals surface area contributed by atoms with Gasteiger partial charge < -0.3 is 5.32 Å². The standard InChI is InChI=1S/C12H23N3/c1-6-11(8-13-5)15-10(4)12(7-2)9(3)14-15/h11,13H,6-8H2,1-5H3. The molecule has 1 unspecified atom stereocenters. The summed E-state index contributed by atoms with van der Waals surface area (Å²) in [6, 6.07) is 0.481. The maximum atomic E-state index is 4.65. The van der Waals surface area contributed by atoms with Gasteiger partial charge in [-0.2, -0.15) is 5.10 Å². The smallest absolute Gasteiger partial charge is 0.0644 e. The molecule has 1 N–H and O–H groups in total. The molecule has 1 heterocycles. The Kier molecular flexibility index (Phi) is 4.33. The molecular formula is C12H23N3. The Bertz CT molecular complexity index is 315. The van der Waals surface area contributed by atoms with Gasteiger partial charge in [-0.1, -0.05) is 13.8 Å². The summed E-state index contributed by atoms with van der Waals surface area (Å²) in [6.45, 7) is 9.68. The van der Waals surface area contributed by atoms with E-state index in [2.05, 4.69) is 42.8 Å². The number of hydrogen-bond donors (Lipinski definition) is 1. The third kappa shape index (κ3) is 2.40. The molecule has 0 amide bonds. The Balaban J connectivity index is 3.02. The fourth-order valence-corrected chi connectivity index (χ4v) is 2.20. The van der Waals surface area contributed by atoms with E-state index in [-0.39, 0.29) is 0 Å². The van der Waals surface area contributed by atoms with Crippen LogP contribution in [0.3, 0.4) is 0 Å². The maximum Gasteiger partial charge on any atom is 0.0644 e. The molecule has 0 fully saturated rings. The van der Waals surface area contributed by atoms with E-state index in [1.165, 1.54) is 17.0 Å². The molecule has 1 atom stereocenters. The zero-order valence-corrected chi connectivity index (χ0v) is 10.6. The average Bonchev–Trinajstić information content (AvgIpc) is 2.50. The number of rotatable bonds is 5. The van der Waals surface area contributed by atoms with E-state index in [9.17, 15) is 0 Å². The average molecular weight is 209 g/mol. The Morgan fingerprint density at radius 2 is 2.00 bits per heavy atom. The molecule has 0 bridgehead atoms. The van der Waals surface area contributed by atoms with Crippen LogP contribution in [0, 0.1) is 13.8 Å². The van der Waals surface area contributed by atoms with Gasteiger partial charge in [0.1, 0.15) is 0 Å². The molecule has 1 aromatic rings. The fraction of sp³-hybridized carbons (Fsp3) is 0.750. The molecule has 86 valence electrons. The van der Waals surface area contributed by atoms with Crippen molar-refractivity contribution in [2.75, 3.05) is 13.6 Å². The zero-order chi connectivity index (χ0) is 11.4. The first kappa shape index (κ1) is 12.2. The number of aryl methyl sites for hydroxylation is 1. The van der Waals surface area contributed by atoms with Gasteiger partial charge in [0.25, 0.3) is 0 Å². The van der Waals surface area contributed by atoms with E-state index in [1.54, 1.807) is 0 Å². The molecule has 0 aliphatic rings. The van der Waals surface area contributed by atoms with Crippen molar-refractivity contribution in [3.8, 4) is 0 Å². The van der Waals surface area contributed by atoms with Crippen LogP contribution in [0.15, 0.2) is 0 Å². The van der Waals surface area contributed by atoms with Crippen molar-refractivity contribution < 1.29 is 0 Å². The number of aromatic nitrogens is 2. The fourth-order valence-electron chi connectivity index (χ4n) is 2.20. The second-order valence-corrected chi connectivity index (χ2v) is 4.07. The van der Waals surface area contributed by atoms with Gasteiger partial charge in [-0.25, -0.2) is 0 Å². The molecule has 0 saturated heterocycles. The Labute approximate surface area is 92.9 Å². The first-order valence-corrected chi connectivity index (χ1v) is 5.84. The van der Waals surface area contributed by atoms with Crippen molar-refractivity contribution in [3.05, 3.63) is 17.0 Å². The number of nitrogens with one attached hydrogen (secondary N) is 1. The van der Waals surface area contributed by atoms with Gasteiger partial charge in [0.15, 0.2) is 0 Å². The minimum Gasteiger partial charge on any atom is -0.318 e. The first-order valence-electron chi connectivity index (χ1n) is 5.84. The molecule has 15 heavy (non-hydrogen) atoms. The van der Waals surface area contributed by atoms with Gasteiger partial charge in [-0.05, 0) is 39.3 Å². The lowest BCUT2D eigenvalue weighted by Crippen LogP contribution is -2.23. The van der Waals surface area contributed by atoms with Crippen molar-refractivity contribution in [3.63, 3.8) is 0 Å². The Hall–Kier alpha value is -0.830. The van der Waals surface area contributed by atoms with Crippen LogP contribution < -0.4 is 5.32 Å². The highest BCUT2D eigenvalue weighted by Gasteiger charge is 2.15. The summed E-state index contributed by atoms with van der Waals surface area (Å²) in [4.78, 5) is 0. The van der Waals surface area contributed by atoms with Crippen LogP contribution in [-0.4, -0.2) is 23.4 Å². The lowest BCUT2D eigenvalue weighted by Gasteiger charge is -2.17. The predicted octanol–water partition coefficient (Wildman–Crippen LogP) is 2.23. The topological polar surface area (TPSA) is 29.9 Å². The van der Waals surface area contributed by atoms with Crippen molar-refractivity contribution in [1.82, 2.24) is 15.1 Å². The molecule has 0 radical (unpaired) electrons. The van der Waals surface area contributed by atoms with Crippen LogP contribution in [0.2, 0.25) is 0 Å². The second kappa shape index (κ2) is 5.31. The third-order valence-corrected chi connectivity index (χ3v) is 3.09. The second-order valence-electron chi connectivity index (χ2n) is 4.07. The Morgan fingerprint density at radius 1 is 1.33 bits per heavy atom. The van der Waals surface area contributed by atoms with Crippen LogP contribution in [0.1, 0.15) is 43.3 Å². The molecule has 0 aliphatic carbocycles. The summed E-state index contributed by atoms with van der Waals surface area (Å²) in [5.41, 5.74) is 3.92. The van der Waals surface area contributed by atoms with Crippen molar-refractivity contribution in [2.45, 2.75) is 46.6 Å². The normalized spacial score (nSPS) is 13.1. The zero-order valence-electron chi connectivity index (χ0n) is 10.6. The van der Waals surface area contributed by atoms with Gasteiger partial charge in [0.05, 0.1) is 11.7 Å². The number of nitrogens with zero attached hydrogens (tertiary/aromatic N) is 2. The van der Waals surface area contributed by atoms with Crippen molar-refractivity contribution in [2.24, 2.45) is 0 Å². The maximum absolute atomic E-state index is 4.65. The molecule has 0 saturated carbocycles. The molecule has 0 aromatic carbocycles. The molecule has 0 aliphatic heterocycles. The van der Waals surface area contributed by atoms with Gasteiger partial charge in [-0.3, -0.25) is 4.68 Å². The molecule has 3 nitrogen and oxygen atoms in total. The molecular weight excluding hydrogens is 186 g/mol. The van der Waals surface area contributed by atoms with E-state index in [0.717, 1.165) is 19.4 Å². The lowest BCUT2D eigenvalue weighted by molar-refractivity contribution is 0.415. The summed E-state index contributed by atoms with van der Waals surface area (Å²) >= 11 is 0. The lowest BCUT2D eigenvalue weighted by atomic mass is 10.1.